The number of halogens is 2. The van der Waals surface area contributed by atoms with E-state index in [1.54, 1.807) is 0 Å². The summed E-state index contributed by atoms with van der Waals surface area (Å²) in [7, 11) is -2.67. The van der Waals surface area contributed by atoms with Crippen LogP contribution < -0.4 is 15.8 Å². The molecule has 154 valence electrons. The van der Waals surface area contributed by atoms with Crippen molar-refractivity contribution in [3.8, 4) is 16.9 Å². The zero-order chi connectivity index (χ0) is 23.8. The van der Waals surface area contributed by atoms with Crippen LogP contribution in [0.25, 0.3) is 16.7 Å². The Labute approximate surface area is 173 Å². The van der Waals surface area contributed by atoms with E-state index in [0.29, 0.717) is 30.4 Å². The molecule has 0 saturated carbocycles. The maximum atomic E-state index is 14.8. The highest BCUT2D eigenvalue weighted by Crippen LogP contribution is 2.34. The van der Waals surface area contributed by atoms with E-state index < -0.39 is 36.0 Å². The number of methoxy groups -OCH3 is 1. The topological polar surface area (TPSA) is 97.2 Å². The maximum Gasteiger partial charge on any atom is 0.439 e. The number of aromatic nitrogens is 2. The van der Waals surface area contributed by atoms with Gasteiger partial charge in [-0.3, -0.25) is 14.3 Å². The zero-order valence-corrected chi connectivity index (χ0v) is 15.4. The van der Waals surface area contributed by atoms with E-state index in [4.69, 9.17) is 8.85 Å². The second kappa shape index (κ2) is 7.94. The summed E-state index contributed by atoms with van der Waals surface area (Å²) in [5.74, 6) is -3.41. The van der Waals surface area contributed by atoms with Crippen LogP contribution in [-0.2, 0) is 4.79 Å². The molecule has 0 aliphatic heterocycles. The molecule has 30 heavy (non-hydrogen) atoms. The molecule has 1 amide bonds. The Morgan fingerprint density at radius 3 is 2.73 bits per heavy atom. The summed E-state index contributed by atoms with van der Waals surface area (Å²) in [6, 6.07) is 7.81. The van der Waals surface area contributed by atoms with Crippen LogP contribution in [0.15, 0.2) is 51.3 Å². The van der Waals surface area contributed by atoms with Crippen molar-refractivity contribution in [1.82, 2.24) is 10.1 Å². The van der Waals surface area contributed by atoms with Gasteiger partial charge in [-0.1, -0.05) is 17.3 Å². The smallest absolute Gasteiger partial charge is 0.439 e. The first-order valence-electron chi connectivity index (χ1n) is 10.5. The van der Waals surface area contributed by atoms with Crippen LogP contribution in [0, 0.1) is 11.6 Å². The number of amides is 1. The van der Waals surface area contributed by atoms with E-state index in [-0.39, 0.29) is 22.7 Å². The highest BCUT2D eigenvalue weighted by molar-refractivity contribution is 6.09. The number of carbonyl (C=O) groups is 1. The summed E-state index contributed by atoms with van der Waals surface area (Å²) in [5, 5.41) is 5.82. The van der Waals surface area contributed by atoms with E-state index in [0.717, 1.165) is 12.1 Å². The Hall–Kier alpha value is -3.75. The first-order valence-corrected chi connectivity index (χ1v) is 8.99. The number of carbonyl (C=O) groups excluding carboxylic acids is 1. The summed E-state index contributed by atoms with van der Waals surface area (Å²) in [4.78, 5) is 26.3. The number of rotatable bonds is 5. The minimum absolute atomic E-state index is 0.0114. The lowest BCUT2D eigenvalue weighted by Gasteiger charge is -2.12. The number of allylic oxidation sites excluding steroid dienone is 1. The monoisotopic (exact) mass is 416 g/mol. The van der Waals surface area contributed by atoms with Crippen LogP contribution in [0.2, 0.25) is 0 Å². The molecule has 4 rings (SSSR count). The molecule has 7 nitrogen and oxygen atoms in total. The third-order valence-corrected chi connectivity index (χ3v) is 4.78. The lowest BCUT2D eigenvalue weighted by molar-refractivity contribution is -0.112. The summed E-state index contributed by atoms with van der Waals surface area (Å²) in [6.45, 7) is 0. The van der Waals surface area contributed by atoms with Crippen molar-refractivity contribution in [2.45, 2.75) is 19.3 Å². The van der Waals surface area contributed by atoms with Gasteiger partial charge in [-0.05, 0) is 54.7 Å². The number of hydrogen-bond acceptors (Lipinski definition) is 5. The number of ether oxygens (including phenoxy) is 1. The fourth-order valence-electron chi connectivity index (χ4n) is 3.40. The molecule has 0 spiro atoms. The number of benzene rings is 2. The molecule has 1 aromatic heterocycles. The Balaban J connectivity index is 1.60. The van der Waals surface area contributed by atoms with Gasteiger partial charge < -0.3 is 10.1 Å². The first kappa shape index (κ1) is 16.1. The number of nitrogens with one attached hydrogen (secondary N) is 2. The first-order chi connectivity index (χ1) is 15.6. The molecule has 2 N–H and O–H groups in total. The molecule has 2 aromatic carbocycles. The van der Waals surface area contributed by atoms with Crippen LogP contribution in [0.5, 0.6) is 5.75 Å². The van der Waals surface area contributed by atoms with Crippen molar-refractivity contribution in [2.24, 2.45) is 0 Å². The maximum absolute atomic E-state index is 14.8. The molecular formula is C21H17F2N3O4. The number of hydrogen-bond donors (Lipinski definition) is 2. The van der Waals surface area contributed by atoms with Crippen molar-refractivity contribution in [3.05, 3.63) is 70.0 Å². The van der Waals surface area contributed by atoms with Gasteiger partial charge in [0, 0.05) is 11.1 Å². The number of nitrogens with zero attached hydrogens (tertiary/aromatic N) is 1. The predicted molar refractivity (Wildman–Crippen MR) is 105 cm³/mol. The van der Waals surface area contributed by atoms with Crippen molar-refractivity contribution in [1.29, 1.82) is 0 Å². The molecule has 0 unspecified atom stereocenters. The summed E-state index contributed by atoms with van der Waals surface area (Å²) in [6.07, 6.45) is 1.39. The van der Waals surface area contributed by atoms with E-state index in [2.05, 4.69) is 20.0 Å². The molecule has 1 aliphatic rings. The molecule has 3 aromatic rings. The largest absolute Gasteiger partial charge is 0.497 e. The predicted octanol–water partition coefficient (Wildman–Crippen LogP) is 3.89. The third-order valence-electron chi connectivity index (χ3n) is 4.78. The van der Waals surface area contributed by atoms with Crippen molar-refractivity contribution >= 4 is 17.2 Å². The number of aromatic amines is 1. The van der Waals surface area contributed by atoms with E-state index in [1.807, 2.05) is 0 Å². The average molecular weight is 416 g/mol. The lowest BCUT2D eigenvalue weighted by Crippen LogP contribution is -2.17. The van der Waals surface area contributed by atoms with Crippen molar-refractivity contribution in [2.75, 3.05) is 12.4 Å². The highest BCUT2D eigenvalue weighted by atomic mass is 19.1. The van der Waals surface area contributed by atoms with Gasteiger partial charge in [0.25, 0.3) is 5.91 Å². The third kappa shape index (κ3) is 3.73. The van der Waals surface area contributed by atoms with Crippen LogP contribution >= 0.6 is 0 Å². The molecule has 1 heterocycles. The minimum atomic E-state index is -2.67. The second-order valence-corrected chi connectivity index (χ2v) is 6.65. The average Bonchev–Trinajstić information content (AvgIpc) is 3.38. The van der Waals surface area contributed by atoms with E-state index >= 15 is 0 Å². The minimum Gasteiger partial charge on any atom is -0.497 e. The van der Waals surface area contributed by atoms with Gasteiger partial charge >= 0.3 is 5.76 Å². The molecule has 0 bridgehead atoms. The Bertz CT molecular complexity index is 1290. The highest BCUT2D eigenvalue weighted by Gasteiger charge is 2.26. The molecule has 0 atom stereocenters. The normalized spacial score (nSPS) is 15.5. The fraction of sp³-hybridized carbons (Fsp3) is 0.190. The van der Waals surface area contributed by atoms with Crippen LogP contribution in [0.3, 0.4) is 0 Å². The quantitative estimate of drug-likeness (QED) is 0.658. The number of anilines is 1. The summed E-state index contributed by atoms with van der Waals surface area (Å²) < 4.78 is 60.3. The molecule has 0 fully saturated rings. The summed E-state index contributed by atoms with van der Waals surface area (Å²) in [5.41, 5.74) is 0.507. The molecule has 9 heteroatoms. The van der Waals surface area contributed by atoms with Crippen molar-refractivity contribution in [3.63, 3.8) is 0 Å². The number of H-pyrrole nitrogens is 1. The van der Waals surface area contributed by atoms with E-state index in [9.17, 15) is 18.4 Å². The van der Waals surface area contributed by atoms with Gasteiger partial charge in [0.15, 0.2) is 5.82 Å². The van der Waals surface area contributed by atoms with Crippen LogP contribution in [-0.4, -0.2) is 23.1 Å². The molecule has 1 aliphatic carbocycles. The van der Waals surface area contributed by atoms with E-state index in [1.165, 1.54) is 24.3 Å². The van der Waals surface area contributed by atoms with Gasteiger partial charge in [0.2, 0.25) is 0 Å². The fourth-order valence-corrected chi connectivity index (χ4v) is 3.40. The van der Waals surface area contributed by atoms with Gasteiger partial charge in [0.1, 0.15) is 23.1 Å². The molecule has 0 saturated heterocycles. The Morgan fingerprint density at radius 1 is 1.23 bits per heavy atom. The lowest BCUT2D eigenvalue weighted by atomic mass is 10.0. The van der Waals surface area contributed by atoms with Gasteiger partial charge in [-0.25, -0.2) is 13.6 Å². The SMILES string of the molecule is [2H]C([2H])([2H])Oc1cccc(-c2cc(F)c(NC(=O)C3=C(c4noc(=O)[nH]4)CCC3)c(F)c2)c1. The zero-order valence-electron chi connectivity index (χ0n) is 18.4. The standard InChI is InChI=1S/C21H17F2N3O4/c1-29-13-5-2-4-11(8-13)12-9-16(22)18(17(23)10-12)24-20(27)15-7-3-6-14(15)19-25-21(28)30-26-19/h2,4-5,8-10H,3,6-7H2,1H3,(H,24,27)(H,25,26,28)/i1D3. The molecular weight excluding hydrogens is 396 g/mol. The Kier molecular flexibility index (Phi) is 4.26. The molecule has 0 radical (unpaired) electrons. The summed E-state index contributed by atoms with van der Waals surface area (Å²) >= 11 is 0. The van der Waals surface area contributed by atoms with Gasteiger partial charge in [0.05, 0.1) is 11.2 Å². The van der Waals surface area contributed by atoms with Crippen LogP contribution in [0.4, 0.5) is 14.5 Å². The van der Waals surface area contributed by atoms with Gasteiger partial charge in [-0.15, -0.1) is 0 Å². The van der Waals surface area contributed by atoms with Gasteiger partial charge in [-0.2, -0.15) is 0 Å². The van der Waals surface area contributed by atoms with Crippen LogP contribution in [0.1, 0.15) is 29.2 Å². The van der Waals surface area contributed by atoms with Crippen molar-refractivity contribution < 1.29 is 26.9 Å². The second-order valence-electron chi connectivity index (χ2n) is 6.65. The Morgan fingerprint density at radius 2 is 2.03 bits per heavy atom.